The molecule has 0 aromatic carbocycles. The molecule has 1 aliphatic rings. The molecule has 0 bridgehead atoms. The monoisotopic (exact) mass is 322 g/mol. The summed E-state index contributed by atoms with van der Waals surface area (Å²) in [4.78, 5) is 16.7. The predicted molar refractivity (Wildman–Crippen MR) is 89.5 cm³/mol. The molecule has 1 aliphatic carbocycles. The van der Waals surface area contributed by atoms with E-state index in [4.69, 9.17) is 0 Å². The Bertz CT molecular complexity index is 862. The van der Waals surface area contributed by atoms with Crippen LogP contribution in [0.25, 0.3) is 11.3 Å². The van der Waals surface area contributed by atoms with Gasteiger partial charge >= 0.3 is 0 Å². The molecule has 3 aromatic rings. The molecule has 24 heavy (non-hydrogen) atoms. The van der Waals surface area contributed by atoms with Crippen molar-refractivity contribution in [3.63, 3.8) is 0 Å². The molecule has 1 fully saturated rings. The van der Waals surface area contributed by atoms with Crippen LogP contribution in [0.1, 0.15) is 35.8 Å². The molecule has 7 heteroatoms. The molecule has 0 unspecified atom stereocenters. The molecule has 1 amide bonds. The van der Waals surface area contributed by atoms with Crippen LogP contribution in [0.3, 0.4) is 0 Å². The van der Waals surface area contributed by atoms with Crippen LogP contribution in [0.15, 0.2) is 42.9 Å². The van der Waals surface area contributed by atoms with Crippen molar-refractivity contribution in [1.29, 1.82) is 0 Å². The molecule has 1 saturated carbocycles. The number of aryl methyl sites for hydroxylation is 1. The van der Waals surface area contributed by atoms with Gasteiger partial charge in [0.15, 0.2) is 0 Å². The lowest BCUT2D eigenvalue weighted by Crippen LogP contribution is -2.23. The first kappa shape index (κ1) is 14.6. The number of pyridine rings is 1. The van der Waals surface area contributed by atoms with E-state index in [-0.39, 0.29) is 5.91 Å². The molecular formula is C17H18N6O. The maximum atomic E-state index is 12.6. The van der Waals surface area contributed by atoms with Crippen LogP contribution >= 0.6 is 0 Å². The average Bonchev–Trinajstić information content (AvgIpc) is 3.14. The number of amides is 1. The van der Waals surface area contributed by atoms with Gasteiger partial charge in [0, 0.05) is 31.1 Å². The first-order valence-corrected chi connectivity index (χ1v) is 8.01. The van der Waals surface area contributed by atoms with Crippen molar-refractivity contribution in [3.05, 3.63) is 48.5 Å². The van der Waals surface area contributed by atoms with E-state index in [0.717, 1.165) is 29.9 Å². The summed E-state index contributed by atoms with van der Waals surface area (Å²) >= 11 is 0. The Morgan fingerprint density at radius 2 is 2.17 bits per heavy atom. The van der Waals surface area contributed by atoms with Crippen molar-refractivity contribution in [1.82, 2.24) is 24.5 Å². The highest BCUT2D eigenvalue weighted by molar-refractivity contribution is 6.03. The minimum atomic E-state index is -0.193. The topological polar surface area (TPSA) is 77.6 Å². The van der Waals surface area contributed by atoms with Crippen molar-refractivity contribution in [3.8, 4) is 11.3 Å². The largest absolute Gasteiger partial charge is 0.305 e. The van der Waals surface area contributed by atoms with Gasteiger partial charge in [-0.05, 0) is 37.5 Å². The van der Waals surface area contributed by atoms with Gasteiger partial charge in [-0.2, -0.15) is 10.2 Å². The lowest BCUT2D eigenvalue weighted by atomic mass is 9.93. The SMILES string of the molecule is Cn1nc(-c2cccnc2)cc1C(=O)Nc1ccnn1C1CCC1. The molecule has 4 rings (SSSR count). The second kappa shape index (κ2) is 5.92. The molecule has 3 aromatic heterocycles. The molecule has 0 atom stereocenters. The van der Waals surface area contributed by atoms with Gasteiger partial charge in [-0.15, -0.1) is 0 Å². The molecule has 0 spiro atoms. The van der Waals surface area contributed by atoms with Crippen molar-refractivity contribution >= 4 is 11.7 Å². The Hall–Kier alpha value is -2.96. The zero-order valence-electron chi connectivity index (χ0n) is 13.4. The number of aromatic nitrogens is 5. The van der Waals surface area contributed by atoms with E-state index in [0.29, 0.717) is 11.7 Å². The minimum Gasteiger partial charge on any atom is -0.305 e. The predicted octanol–water partition coefficient (Wildman–Crippen LogP) is 2.66. The lowest BCUT2D eigenvalue weighted by molar-refractivity contribution is 0.101. The first-order chi connectivity index (χ1) is 11.7. The average molecular weight is 322 g/mol. The van der Waals surface area contributed by atoms with Gasteiger partial charge in [-0.1, -0.05) is 0 Å². The number of nitrogens with zero attached hydrogens (tertiary/aromatic N) is 5. The maximum absolute atomic E-state index is 12.6. The summed E-state index contributed by atoms with van der Waals surface area (Å²) in [5.74, 6) is 0.537. The number of rotatable bonds is 4. The van der Waals surface area contributed by atoms with Crippen LogP contribution in [0.4, 0.5) is 5.82 Å². The Labute approximate surface area is 139 Å². The second-order valence-corrected chi connectivity index (χ2v) is 5.98. The number of carbonyl (C=O) groups excluding carboxylic acids is 1. The van der Waals surface area contributed by atoms with Crippen molar-refractivity contribution in [2.45, 2.75) is 25.3 Å². The summed E-state index contributed by atoms with van der Waals surface area (Å²) in [6, 6.07) is 7.77. The number of nitrogens with one attached hydrogen (secondary N) is 1. The quantitative estimate of drug-likeness (QED) is 0.801. The van der Waals surface area contributed by atoms with Crippen molar-refractivity contribution in [2.75, 3.05) is 5.32 Å². The van der Waals surface area contributed by atoms with Gasteiger partial charge in [0.25, 0.3) is 5.91 Å². The van der Waals surface area contributed by atoms with E-state index < -0.39 is 0 Å². The lowest BCUT2D eigenvalue weighted by Gasteiger charge is -2.27. The second-order valence-electron chi connectivity index (χ2n) is 5.98. The highest BCUT2D eigenvalue weighted by Crippen LogP contribution is 2.33. The zero-order chi connectivity index (χ0) is 16.5. The standard InChI is InChI=1S/C17H18N6O/c1-22-15(10-14(21-22)12-4-3-8-18-11-12)17(24)20-16-7-9-19-23(16)13-5-2-6-13/h3-4,7-11,13H,2,5-6H2,1H3,(H,20,24). The zero-order valence-corrected chi connectivity index (χ0v) is 13.4. The third-order valence-corrected chi connectivity index (χ3v) is 4.40. The van der Waals surface area contributed by atoms with Crippen LogP contribution in [0, 0.1) is 0 Å². The Morgan fingerprint density at radius 3 is 2.88 bits per heavy atom. The highest BCUT2D eigenvalue weighted by atomic mass is 16.2. The van der Waals surface area contributed by atoms with Crippen LogP contribution in [-0.2, 0) is 7.05 Å². The minimum absolute atomic E-state index is 0.193. The van der Waals surface area contributed by atoms with E-state index in [1.54, 1.807) is 36.4 Å². The van der Waals surface area contributed by atoms with Crippen LogP contribution < -0.4 is 5.32 Å². The molecule has 7 nitrogen and oxygen atoms in total. The van der Waals surface area contributed by atoms with E-state index in [1.165, 1.54) is 6.42 Å². The van der Waals surface area contributed by atoms with Crippen LogP contribution in [-0.4, -0.2) is 30.5 Å². The number of hydrogen-bond acceptors (Lipinski definition) is 4. The van der Waals surface area contributed by atoms with Crippen molar-refractivity contribution in [2.24, 2.45) is 7.05 Å². The van der Waals surface area contributed by atoms with E-state index in [2.05, 4.69) is 20.5 Å². The highest BCUT2D eigenvalue weighted by Gasteiger charge is 2.23. The molecule has 0 saturated heterocycles. The third kappa shape index (κ3) is 2.58. The molecule has 0 aliphatic heterocycles. The fourth-order valence-electron chi connectivity index (χ4n) is 2.85. The molecular weight excluding hydrogens is 304 g/mol. The number of carbonyl (C=O) groups is 1. The van der Waals surface area contributed by atoms with Gasteiger partial charge in [-0.25, -0.2) is 4.68 Å². The first-order valence-electron chi connectivity index (χ1n) is 8.01. The third-order valence-electron chi connectivity index (χ3n) is 4.40. The Kier molecular flexibility index (Phi) is 3.60. The van der Waals surface area contributed by atoms with E-state index >= 15 is 0 Å². The van der Waals surface area contributed by atoms with Gasteiger partial charge < -0.3 is 5.32 Å². The van der Waals surface area contributed by atoms with Crippen LogP contribution in [0.5, 0.6) is 0 Å². The van der Waals surface area contributed by atoms with E-state index in [9.17, 15) is 4.79 Å². The summed E-state index contributed by atoms with van der Waals surface area (Å²) < 4.78 is 3.49. The molecule has 122 valence electrons. The van der Waals surface area contributed by atoms with Crippen molar-refractivity contribution < 1.29 is 4.79 Å². The smallest absolute Gasteiger partial charge is 0.275 e. The Morgan fingerprint density at radius 1 is 1.29 bits per heavy atom. The molecule has 0 radical (unpaired) electrons. The Balaban J connectivity index is 1.57. The van der Waals surface area contributed by atoms with Gasteiger partial charge in [-0.3, -0.25) is 14.5 Å². The van der Waals surface area contributed by atoms with Gasteiger partial charge in [0.2, 0.25) is 0 Å². The summed E-state index contributed by atoms with van der Waals surface area (Å²) in [5, 5.41) is 11.7. The fraction of sp³-hybridized carbons (Fsp3) is 0.294. The number of hydrogen-bond donors (Lipinski definition) is 1. The summed E-state index contributed by atoms with van der Waals surface area (Å²) in [5.41, 5.74) is 2.10. The van der Waals surface area contributed by atoms with Gasteiger partial charge in [0.05, 0.1) is 17.9 Å². The maximum Gasteiger partial charge on any atom is 0.275 e. The van der Waals surface area contributed by atoms with E-state index in [1.807, 2.05) is 22.9 Å². The fourth-order valence-corrected chi connectivity index (χ4v) is 2.85. The molecule has 1 N–H and O–H groups in total. The summed E-state index contributed by atoms with van der Waals surface area (Å²) in [6.07, 6.45) is 8.60. The summed E-state index contributed by atoms with van der Waals surface area (Å²) in [7, 11) is 1.76. The number of anilines is 1. The summed E-state index contributed by atoms with van der Waals surface area (Å²) in [6.45, 7) is 0. The van der Waals surface area contributed by atoms with Gasteiger partial charge in [0.1, 0.15) is 11.5 Å². The normalized spacial score (nSPS) is 14.4. The molecule has 3 heterocycles. The van der Waals surface area contributed by atoms with Crippen LogP contribution in [0.2, 0.25) is 0 Å².